The molecule has 0 fully saturated rings. The van der Waals surface area contributed by atoms with E-state index in [9.17, 15) is 18.4 Å². The lowest BCUT2D eigenvalue weighted by atomic mass is 10.1. The number of nitrogens with one attached hydrogen (secondary N) is 2. The molecule has 1 heterocycles. The maximum Gasteiger partial charge on any atom is 0.322 e. The van der Waals surface area contributed by atoms with E-state index in [4.69, 9.17) is 4.74 Å². The molecular formula is C30H32F2N4O3. The third-order valence-corrected chi connectivity index (χ3v) is 6.49. The molecule has 0 bridgehead atoms. The number of carbonyl (C=O) groups excluding carboxylic acids is 2. The Balaban J connectivity index is 1.50. The van der Waals surface area contributed by atoms with Gasteiger partial charge in [-0.15, -0.1) is 0 Å². The number of halogens is 2. The molecule has 204 valence electrons. The van der Waals surface area contributed by atoms with Crippen molar-refractivity contribution in [2.75, 3.05) is 32.1 Å². The highest BCUT2D eigenvalue weighted by Crippen LogP contribution is 2.20. The number of hydrogen-bond donors (Lipinski definition) is 2. The van der Waals surface area contributed by atoms with Crippen LogP contribution in [0.2, 0.25) is 0 Å². The number of H-pyrrole nitrogens is 1. The minimum absolute atomic E-state index is 0.113. The Kier molecular flexibility index (Phi) is 9.14. The van der Waals surface area contributed by atoms with Crippen molar-refractivity contribution in [2.24, 2.45) is 0 Å². The fraction of sp³-hybridized carbons (Fsp3) is 0.267. The van der Waals surface area contributed by atoms with E-state index < -0.39 is 17.7 Å². The molecule has 0 radical (unpaired) electrons. The van der Waals surface area contributed by atoms with Crippen molar-refractivity contribution < 1.29 is 23.1 Å². The number of urea groups is 1. The number of nitrogens with zero attached hydrogens (tertiary/aromatic N) is 2. The number of fused-ring (bicyclic) bond motifs is 1. The highest BCUT2D eigenvalue weighted by molar-refractivity contribution is 5.92. The van der Waals surface area contributed by atoms with Crippen LogP contribution >= 0.6 is 0 Å². The number of anilines is 1. The Hall–Kier alpha value is -4.40. The average molecular weight is 535 g/mol. The summed E-state index contributed by atoms with van der Waals surface area (Å²) in [6.45, 7) is 2.86. The summed E-state index contributed by atoms with van der Waals surface area (Å²) in [5, 5.41) is 3.67. The molecule has 4 rings (SSSR count). The number of aromatic amines is 1. The lowest BCUT2D eigenvalue weighted by molar-refractivity contribution is -0.132. The molecule has 0 saturated heterocycles. The number of aromatic nitrogens is 1. The van der Waals surface area contributed by atoms with Crippen LogP contribution in [-0.4, -0.2) is 53.5 Å². The van der Waals surface area contributed by atoms with Gasteiger partial charge in [-0.25, -0.2) is 13.6 Å². The topological polar surface area (TPSA) is 77.7 Å². The summed E-state index contributed by atoms with van der Waals surface area (Å²) < 4.78 is 32.2. The predicted molar refractivity (Wildman–Crippen MR) is 148 cm³/mol. The monoisotopic (exact) mass is 534 g/mol. The van der Waals surface area contributed by atoms with Gasteiger partial charge in [-0.1, -0.05) is 37.3 Å². The summed E-state index contributed by atoms with van der Waals surface area (Å²) >= 11 is 0. The molecule has 1 aromatic heterocycles. The zero-order valence-corrected chi connectivity index (χ0v) is 22.0. The minimum atomic E-state index is -1.06. The lowest BCUT2D eigenvalue weighted by Gasteiger charge is -2.28. The van der Waals surface area contributed by atoms with E-state index in [0.717, 1.165) is 39.9 Å². The second-order valence-corrected chi connectivity index (χ2v) is 9.25. The van der Waals surface area contributed by atoms with Crippen molar-refractivity contribution >= 4 is 28.5 Å². The van der Waals surface area contributed by atoms with Gasteiger partial charge in [-0.2, -0.15) is 0 Å². The van der Waals surface area contributed by atoms with Crippen LogP contribution in [0, 0.1) is 11.6 Å². The van der Waals surface area contributed by atoms with Crippen molar-refractivity contribution in [1.29, 1.82) is 0 Å². The molecule has 39 heavy (non-hydrogen) atoms. The maximum atomic E-state index is 13.6. The van der Waals surface area contributed by atoms with Gasteiger partial charge in [0.25, 0.3) is 0 Å². The van der Waals surface area contributed by atoms with E-state index in [1.54, 1.807) is 12.0 Å². The van der Waals surface area contributed by atoms with E-state index in [2.05, 4.69) is 10.3 Å². The van der Waals surface area contributed by atoms with Crippen LogP contribution in [0.5, 0.6) is 5.75 Å². The maximum absolute atomic E-state index is 13.6. The molecular weight excluding hydrogens is 502 g/mol. The van der Waals surface area contributed by atoms with Crippen molar-refractivity contribution in [3.63, 3.8) is 0 Å². The van der Waals surface area contributed by atoms with Crippen molar-refractivity contribution in [2.45, 2.75) is 26.3 Å². The average Bonchev–Trinajstić information content (AvgIpc) is 3.36. The second-order valence-electron chi connectivity index (χ2n) is 9.25. The van der Waals surface area contributed by atoms with Crippen molar-refractivity contribution in [3.8, 4) is 5.75 Å². The number of methoxy groups -OCH3 is 1. The molecule has 3 aromatic carbocycles. The zero-order valence-electron chi connectivity index (χ0n) is 22.0. The van der Waals surface area contributed by atoms with Gasteiger partial charge in [0.15, 0.2) is 11.6 Å². The van der Waals surface area contributed by atoms with Crippen LogP contribution in [0.15, 0.2) is 72.9 Å². The van der Waals surface area contributed by atoms with Gasteiger partial charge in [-0.3, -0.25) is 4.79 Å². The van der Waals surface area contributed by atoms with Crippen LogP contribution in [0.25, 0.3) is 10.9 Å². The van der Waals surface area contributed by atoms with Gasteiger partial charge in [0, 0.05) is 48.5 Å². The summed E-state index contributed by atoms with van der Waals surface area (Å²) in [5.41, 5.74) is 3.17. The Bertz CT molecular complexity index is 1420. The van der Waals surface area contributed by atoms with E-state index in [1.165, 1.54) is 11.0 Å². The van der Waals surface area contributed by atoms with Gasteiger partial charge in [0.2, 0.25) is 5.91 Å². The Morgan fingerprint density at radius 1 is 0.949 bits per heavy atom. The number of benzene rings is 3. The summed E-state index contributed by atoms with van der Waals surface area (Å²) in [7, 11) is 1.60. The smallest absolute Gasteiger partial charge is 0.322 e. The summed E-state index contributed by atoms with van der Waals surface area (Å²) in [6.07, 6.45) is 3.20. The zero-order chi connectivity index (χ0) is 27.8. The standard InChI is InChI=1S/C30H32F2N4O3/c1-3-15-36(30(38)34-23-10-13-26(31)27(32)17-23)20-29(37)35(19-21-8-11-24(39-2)12-9-21)16-14-22-18-33-28-7-5-4-6-25(22)28/h4-13,17-18,33H,3,14-16,19-20H2,1-2H3,(H,34,38). The number of carbonyl (C=O) groups is 2. The molecule has 0 spiro atoms. The third kappa shape index (κ3) is 7.13. The van der Waals surface area contributed by atoms with Crippen molar-refractivity contribution in [3.05, 3.63) is 95.7 Å². The minimum Gasteiger partial charge on any atom is -0.497 e. The van der Waals surface area contributed by atoms with E-state index in [1.807, 2.05) is 61.7 Å². The largest absolute Gasteiger partial charge is 0.497 e. The summed E-state index contributed by atoms with van der Waals surface area (Å²) in [6, 6.07) is 18.1. The molecule has 0 saturated carbocycles. The third-order valence-electron chi connectivity index (χ3n) is 6.49. The molecule has 2 N–H and O–H groups in total. The van der Waals surface area contributed by atoms with E-state index >= 15 is 0 Å². The van der Waals surface area contributed by atoms with Gasteiger partial charge in [0.05, 0.1) is 7.11 Å². The second kappa shape index (κ2) is 12.9. The number of ether oxygens (including phenoxy) is 1. The fourth-order valence-electron chi connectivity index (χ4n) is 4.40. The number of hydrogen-bond acceptors (Lipinski definition) is 3. The van der Waals surface area contributed by atoms with Crippen LogP contribution in [-0.2, 0) is 17.8 Å². The molecule has 7 nitrogen and oxygen atoms in total. The first kappa shape index (κ1) is 27.6. The number of amides is 3. The SMILES string of the molecule is CCCN(CC(=O)N(CCc1c[nH]c2ccccc12)Cc1ccc(OC)cc1)C(=O)Nc1ccc(F)c(F)c1. The van der Waals surface area contributed by atoms with E-state index in [-0.39, 0.29) is 18.1 Å². The quantitative estimate of drug-likeness (QED) is 0.249. The highest BCUT2D eigenvalue weighted by atomic mass is 19.2. The lowest BCUT2D eigenvalue weighted by Crippen LogP contribution is -2.45. The molecule has 0 atom stereocenters. The van der Waals surface area contributed by atoms with Crippen molar-refractivity contribution in [1.82, 2.24) is 14.8 Å². The van der Waals surface area contributed by atoms with Gasteiger partial charge in [0.1, 0.15) is 12.3 Å². The number of rotatable bonds is 11. The van der Waals surface area contributed by atoms with Crippen LogP contribution in [0.1, 0.15) is 24.5 Å². The van der Waals surface area contributed by atoms with Gasteiger partial charge >= 0.3 is 6.03 Å². The number of para-hydroxylation sites is 1. The molecule has 9 heteroatoms. The van der Waals surface area contributed by atoms with Crippen LogP contribution in [0.3, 0.4) is 0 Å². The molecule has 0 unspecified atom stereocenters. The van der Waals surface area contributed by atoms with Crippen LogP contribution < -0.4 is 10.1 Å². The summed E-state index contributed by atoms with van der Waals surface area (Å²) in [4.78, 5) is 33.0. The van der Waals surface area contributed by atoms with E-state index in [0.29, 0.717) is 32.5 Å². The molecule has 0 aliphatic heterocycles. The first-order valence-corrected chi connectivity index (χ1v) is 12.8. The molecule has 0 aliphatic carbocycles. The molecule has 0 aliphatic rings. The first-order chi connectivity index (χ1) is 18.9. The Morgan fingerprint density at radius 3 is 2.44 bits per heavy atom. The molecule has 4 aromatic rings. The Morgan fingerprint density at radius 2 is 1.72 bits per heavy atom. The van der Waals surface area contributed by atoms with Crippen LogP contribution in [0.4, 0.5) is 19.3 Å². The Labute approximate surface area is 226 Å². The van der Waals surface area contributed by atoms with Gasteiger partial charge in [-0.05, 0) is 54.3 Å². The fourth-order valence-corrected chi connectivity index (χ4v) is 4.40. The molecule has 3 amide bonds. The first-order valence-electron chi connectivity index (χ1n) is 12.8. The predicted octanol–water partition coefficient (Wildman–Crippen LogP) is 5.97. The normalized spacial score (nSPS) is 10.9. The highest BCUT2D eigenvalue weighted by Gasteiger charge is 2.22. The summed E-state index contributed by atoms with van der Waals surface area (Å²) in [5.74, 6) is -1.56. The van der Waals surface area contributed by atoms with Gasteiger partial charge < -0.3 is 24.8 Å².